The molecule has 70 valence electrons. The Bertz CT molecular complexity index is 280. The number of nitrogens with zero attached hydrogens (tertiary/aromatic N) is 1. The van der Waals surface area contributed by atoms with Gasteiger partial charge in [-0.25, -0.2) is 5.43 Å². The van der Waals surface area contributed by atoms with Crippen molar-refractivity contribution in [1.82, 2.24) is 5.43 Å². The van der Waals surface area contributed by atoms with Gasteiger partial charge in [-0.2, -0.15) is 5.10 Å². The Hall–Kier alpha value is -1.62. The lowest BCUT2D eigenvalue weighted by Crippen LogP contribution is -2.16. The van der Waals surface area contributed by atoms with Crippen LogP contribution in [0.5, 0.6) is 0 Å². The zero-order valence-corrected chi connectivity index (χ0v) is 7.06. The third-order valence-corrected chi connectivity index (χ3v) is 1.30. The summed E-state index contributed by atoms with van der Waals surface area (Å²) in [7, 11) is 0. The minimum absolute atomic E-state index is 0.241. The van der Waals surface area contributed by atoms with Crippen LogP contribution in [0, 0.1) is 0 Å². The fourth-order valence-corrected chi connectivity index (χ4v) is 0.706. The summed E-state index contributed by atoms with van der Waals surface area (Å²) in [6.45, 7) is 0.514. The molecule has 1 amide bonds. The molecule has 0 spiro atoms. The van der Waals surface area contributed by atoms with Gasteiger partial charge in [0.2, 0.25) is 0 Å². The lowest BCUT2D eigenvalue weighted by atomic mass is 10.4. The second kappa shape index (κ2) is 5.10. The molecule has 1 rings (SSSR count). The molecular formula is C8H11N3O2. The zero-order chi connectivity index (χ0) is 9.52. The van der Waals surface area contributed by atoms with Crippen molar-refractivity contribution in [3.05, 3.63) is 24.2 Å². The largest absolute Gasteiger partial charge is 0.459 e. The van der Waals surface area contributed by atoms with Gasteiger partial charge < -0.3 is 10.2 Å². The number of hydrogen-bond acceptors (Lipinski definition) is 4. The number of nitrogens with two attached hydrogens (primary N) is 1. The molecule has 1 heterocycles. The van der Waals surface area contributed by atoms with Crippen LogP contribution in [0.25, 0.3) is 0 Å². The van der Waals surface area contributed by atoms with E-state index in [4.69, 9.17) is 10.2 Å². The van der Waals surface area contributed by atoms with E-state index < -0.39 is 0 Å². The van der Waals surface area contributed by atoms with E-state index in [9.17, 15) is 4.79 Å². The molecule has 3 N–H and O–H groups in total. The Morgan fingerprint density at radius 1 is 1.77 bits per heavy atom. The molecule has 5 heteroatoms. The van der Waals surface area contributed by atoms with Crippen molar-refractivity contribution in [2.24, 2.45) is 10.8 Å². The number of carbonyl (C=O) groups excluding carboxylic acids is 1. The van der Waals surface area contributed by atoms with E-state index in [0.29, 0.717) is 13.0 Å². The van der Waals surface area contributed by atoms with Crippen LogP contribution >= 0.6 is 0 Å². The van der Waals surface area contributed by atoms with Crippen molar-refractivity contribution >= 4 is 12.1 Å². The number of rotatable bonds is 4. The summed E-state index contributed by atoms with van der Waals surface area (Å²) in [6, 6.07) is 3.20. The van der Waals surface area contributed by atoms with E-state index in [1.165, 1.54) is 6.26 Å². The van der Waals surface area contributed by atoms with Gasteiger partial charge in [-0.05, 0) is 25.1 Å². The molecule has 0 bridgehead atoms. The van der Waals surface area contributed by atoms with Crippen LogP contribution in [0.1, 0.15) is 17.0 Å². The Morgan fingerprint density at radius 2 is 2.62 bits per heavy atom. The first-order chi connectivity index (χ1) is 6.34. The highest BCUT2D eigenvalue weighted by molar-refractivity contribution is 5.91. The maximum Gasteiger partial charge on any atom is 0.307 e. The minimum Gasteiger partial charge on any atom is -0.459 e. The molecule has 0 aliphatic heterocycles. The van der Waals surface area contributed by atoms with Crippen LogP contribution in [0.2, 0.25) is 0 Å². The first kappa shape index (κ1) is 9.47. The molecule has 0 fully saturated rings. The molecule has 5 nitrogen and oxygen atoms in total. The van der Waals surface area contributed by atoms with Crippen LogP contribution in [0.4, 0.5) is 0 Å². The lowest BCUT2D eigenvalue weighted by molar-refractivity contribution is 0.0927. The molecule has 0 saturated heterocycles. The summed E-state index contributed by atoms with van der Waals surface area (Å²) in [5.41, 5.74) is 7.52. The lowest BCUT2D eigenvalue weighted by Gasteiger charge is -1.93. The quantitative estimate of drug-likeness (QED) is 0.519. The molecule has 13 heavy (non-hydrogen) atoms. The monoisotopic (exact) mass is 181 g/mol. The normalized spacial score (nSPS) is 10.5. The fourth-order valence-electron chi connectivity index (χ4n) is 0.706. The Labute approximate surface area is 75.6 Å². The van der Waals surface area contributed by atoms with Crippen LogP contribution < -0.4 is 11.2 Å². The predicted molar refractivity (Wildman–Crippen MR) is 48.3 cm³/mol. The van der Waals surface area contributed by atoms with Gasteiger partial charge in [0, 0.05) is 6.21 Å². The second-order valence-corrected chi connectivity index (χ2v) is 2.31. The first-order valence-corrected chi connectivity index (χ1v) is 3.90. The minimum atomic E-state index is -0.363. The van der Waals surface area contributed by atoms with Gasteiger partial charge in [-0.3, -0.25) is 4.79 Å². The van der Waals surface area contributed by atoms with Gasteiger partial charge in [0.15, 0.2) is 5.76 Å². The Kier molecular flexibility index (Phi) is 3.72. The molecule has 0 unspecified atom stereocenters. The Morgan fingerprint density at radius 3 is 3.23 bits per heavy atom. The van der Waals surface area contributed by atoms with Crippen LogP contribution in [0.3, 0.4) is 0 Å². The van der Waals surface area contributed by atoms with Gasteiger partial charge in [-0.1, -0.05) is 0 Å². The second-order valence-electron chi connectivity index (χ2n) is 2.31. The zero-order valence-electron chi connectivity index (χ0n) is 7.06. The highest BCUT2D eigenvalue weighted by Crippen LogP contribution is 1.98. The molecule has 0 aliphatic rings. The van der Waals surface area contributed by atoms with E-state index in [1.807, 2.05) is 0 Å². The average Bonchev–Trinajstić information content (AvgIpc) is 2.65. The predicted octanol–water partition coefficient (Wildman–Crippen LogP) is 0.344. The van der Waals surface area contributed by atoms with E-state index in [0.717, 1.165) is 0 Å². The van der Waals surface area contributed by atoms with Gasteiger partial charge >= 0.3 is 5.91 Å². The van der Waals surface area contributed by atoms with Crippen molar-refractivity contribution in [3.63, 3.8) is 0 Å². The van der Waals surface area contributed by atoms with Gasteiger partial charge in [-0.15, -0.1) is 0 Å². The van der Waals surface area contributed by atoms with E-state index in [-0.39, 0.29) is 11.7 Å². The van der Waals surface area contributed by atoms with E-state index in [2.05, 4.69) is 10.5 Å². The van der Waals surface area contributed by atoms with Gasteiger partial charge in [0.1, 0.15) is 0 Å². The molecular weight excluding hydrogens is 170 g/mol. The number of hydrazone groups is 1. The number of furan rings is 1. The molecule has 0 atom stereocenters. The van der Waals surface area contributed by atoms with Crippen LogP contribution in [-0.4, -0.2) is 18.7 Å². The number of carbonyl (C=O) groups is 1. The average molecular weight is 181 g/mol. The highest BCUT2D eigenvalue weighted by Gasteiger charge is 2.05. The summed E-state index contributed by atoms with van der Waals surface area (Å²) in [5.74, 6) is -0.122. The SMILES string of the molecule is NCCC=NNC(=O)c1ccco1. The summed E-state index contributed by atoms with van der Waals surface area (Å²) in [5, 5.41) is 3.65. The summed E-state index contributed by atoms with van der Waals surface area (Å²) < 4.78 is 4.84. The van der Waals surface area contributed by atoms with Crippen molar-refractivity contribution < 1.29 is 9.21 Å². The number of nitrogens with one attached hydrogen (secondary N) is 1. The van der Waals surface area contributed by atoms with Gasteiger partial charge in [0.25, 0.3) is 0 Å². The molecule has 0 aromatic carbocycles. The fraction of sp³-hybridized carbons (Fsp3) is 0.250. The first-order valence-electron chi connectivity index (χ1n) is 3.90. The third kappa shape index (κ3) is 3.08. The number of amides is 1. The molecule has 0 radical (unpaired) electrons. The molecule has 1 aromatic rings. The molecule has 0 aliphatic carbocycles. The maximum absolute atomic E-state index is 11.1. The van der Waals surface area contributed by atoms with E-state index >= 15 is 0 Å². The van der Waals surface area contributed by atoms with Crippen molar-refractivity contribution in [2.75, 3.05) is 6.54 Å². The number of hydrogen-bond donors (Lipinski definition) is 2. The maximum atomic E-state index is 11.1. The van der Waals surface area contributed by atoms with Crippen molar-refractivity contribution in [3.8, 4) is 0 Å². The van der Waals surface area contributed by atoms with Gasteiger partial charge in [0.05, 0.1) is 6.26 Å². The van der Waals surface area contributed by atoms with E-state index in [1.54, 1.807) is 18.3 Å². The standard InChI is InChI=1S/C8H11N3O2/c9-4-2-5-10-11-8(12)7-3-1-6-13-7/h1,3,5-6H,2,4,9H2,(H,11,12). The molecule has 1 aromatic heterocycles. The van der Waals surface area contributed by atoms with Crippen LogP contribution in [0.15, 0.2) is 27.9 Å². The molecule has 0 saturated carbocycles. The van der Waals surface area contributed by atoms with Crippen molar-refractivity contribution in [2.45, 2.75) is 6.42 Å². The highest BCUT2D eigenvalue weighted by atomic mass is 16.3. The summed E-state index contributed by atoms with van der Waals surface area (Å²) >= 11 is 0. The Balaban J connectivity index is 2.34. The summed E-state index contributed by atoms with van der Waals surface area (Å²) in [4.78, 5) is 11.1. The smallest absolute Gasteiger partial charge is 0.307 e. The van der Waals surface area contributed by atoms with Crippen molar-refractivity contribution in [1.29, 1.82) is 0 Å². The van der Waals surface area contributed by atoms with Crippen LogP contribution in [-0.2, 0) is 0 Å². The topological polar surface area (TPSA) is 80.6 Å². The third-order valence-electron chi connectivity index (χ3n) is 1.30. The summed E-state index contributed by atoms with van der Waals surface area (Å²) in [6.07, 6.45) is 3.61.